The second kappa shape index (κ2) is 7.23. The third-order valence-electron chi connectivity index (χ3n) is 6.78. The molecule has 2 atom stereocenters. The molecule has 3 aliphatic rings. The maximum Gasteiger partial charge on any atom is 0.153 e. The zero-order valence-electron chi connectivity index (χ0n) is 17.1. The van der Waals surface area contributed by atoms with Crippen LogP contribution in [0, 0.1) is 0 Å². The summed E-state index contributed by atoms with van der Waals surface area (Å²) in [5, 5.41) is 3.56. The van der Waals surface area contributed by atoms with Gasteiger partial charge in [-0.3, -0.25) is 0 Å². The van der Waals surface area contributed by atoms with Crippen molar-refractivity contribution in [1.82, 2.24) is 0 Å². The molecule has 2 saturated heterocycles. The van der Waals surface area contributed by atoms with Gasteiger partial charge in [0.1, 0.15) is 0 Å². The SMILES string of the molecule is CCC1CCCN1c1ccc2c(c1)Oc1cc(N3CCCC3CC)ccc1N2. The van der Waals surface area contributed by atoms with Gasteiger partial charge in [0.2, 0.25) is 0 Å². The quantitative estimate of drug-likeness (QED) is 0.578. The van der Waals surface area contributed by atoms with Crippen LogP contribution < -0.4 is 19.9 Å². The van der Waals surface area contributed by atoms with Gasteiger partial charge >= 0.3 is 0 Å². The average Bonchev–Trinajstić information content (AvgIpc) is 3.40. The number of nitrogens with one attached hydrogen (secondary N) is 1. The maximum atomic E-state index is 6.40. The highest BCUT2D eigenvalue weighted by atomic mass is 16.5. The highest BCUT2D eigenvalue weighted by Crippen LogP contribution is 2.46. The molecular weight excluding hydrogens is 346 g/mol. The van der Waals surface area contributed by atoms with Crippen LogP contribution in [-0.4, -0.2) is 25.2 Å². The summed E-state index contributed by atoms with van der Waals surface area (Å²) >= 11 is 0. The fraction of sp³-hybridized carbons (Fsp3) is 0.500. The van der Waals surface area contributed by atoms with Crippen LogP contribution >= 0.6 is 0 Å². The van der Waals surface area contributed by atoms with Crippen LogP contribution in [0.5, 0.6) is 11.5 Å². The van der Waals surface area contributed by atoms with Gasteiger partial charge in [0.25, 0.3) is 0 Å². The van der Waals surface area contributed by atoms with Crippen LogP contribution in [0.15, 0.2) is 36.4 Å². The van der Waals surface area contributed by atoms with Gasteiger partial charge in [-0.05, 0) is 62.8 Å². The number of nitrogens with zero attached hydrogens (tertiary/aromatic N) is 2. The van der Waals surface area contributed by atoms with Crippen molar-refractivity contribution in [3.63, 3.8) is 0 Å². The van der Waals surface area contributed by atoms with Gasteiger partial charge in [-0.1, -0.05) is 13.8 Å². The van der Waals surface area contributed by atoms with Gasteiger partial charge in [-0.2, -0.15) is 0 Å². The summed E-state index contributed by atoms with van der Waals surface area (Å²) in [5.74, 6) is 1.88. The molecule has 2 aromatic rings. The number of hydrogen-bond acceptors (Lipinski definition) is 4. The second-order valence-corrected chi connectivity index (χ2v) is 8.38. The Labute approximate surface area is 168 Å². The third kappa shape index (κ3) is 2.99. The molecule has 0 saturated carbocycles. The number of hydrogen-bond donors (Lipinski definition) is 1. The number of rotatable bonds is 4. The summed E-state index contributed by atoms with van der Waals surface area (Å²) < 4.78 is 6.40. The number of fused-ring (bicyclic) bond motifs is 2. The van der Waals surface area contributed by atoms with Crippen molar-refractivity contribution in [3.8, 4) is 11.5 Å². The molecule has 0 aliphatic carbocycles. The first-order valence-corrected chi connectivity index (χ1v) is 11.0. The molecule has 3 heterocycles. The van der Waals surface area contributed by atoms with Crippen molar-refractivity contribution in [2.75, 3.05) is 28.2 Å². The number of ether oxygens (including phenoxy) is 1. The summed E-state index contributed by atoms with van der Waals surface area (Å²) in [6, 6.07) is 14.6. The Morgan fingerprint density at radius 2 is 1.32 bits per heavy atom. The number of benzene rings is 2. The van der Waals surface area contributed by atoms with Crippen LogP contribution in [0.1, 0.15) is 52.4 Å². The zero-order chi connectivity index (χ0) is 19.1. The molecule has 2 unspecified atom stereocenters. The summed E-state index contributed by atoms with van der Waals surface area (Å²) in [5.41, 5.74) is 4.69. The Balaban J connectivity index is 1.42. The number of anilines is 4. The lowest BCUT2D eigenvalue weighted by Gasteiger charge is -2.30. The minimum absolute atomic E-state index is 0.662. The second-order valence-electron chi connectivity index (χ2n) is 8.38. The molecular formula is C24H31N3O. The smallest absolute Gasteiger partial charge is 0.153 e. The van der Waals surface area contributed by atoms with E-state index in [9.17, 15) is 0 Å². The van der Waals surface area contributed by atoms with Crippen molar-refractivity contribution in [2.24, 2.45) is 0 Å². The molecule has 3 aliphatic heterocycles. The van der Waals surface area contributed by atoms with E-state index in [1.165, 1.54) is 49.9 Å². The lowest BCUT2D eigenvalue weighted by atomic mass is 10.1. The van der Waals surface area contributed by atoms with E-state index in [2.05, 4.69) is 65.4 Å². The first-order chi connectivity index (χ1) is 13.8. The van der Waals surface area contributed by atoms with Crippen LogP contribution in [0.4, 0.5) is 22.7 Å². The van der Waals surface area contributed by atoms with Crippen molar-refractivity contribution in [2.45, 2.75) is 64.5 Å². The van der Waals surface area contributed by atoms with E-state index in [0.717, 1.165) is 36.0 Å². The Bertz CT molecular complexity index is 795. The monoisotopic (exact) mass is 377 g/mol. The van der Waals surface area contributed by atoms with E-state index >= 15 is 0 Å². The maximum absolute atomic E-state index is 6.40. The molecule has 0 bridgehead atoms. The van der Waals surface area contributed by atoms with Crippen LogP contribution in [0.2, 0.25) is 0 Å². The van der Waals surface area contributed by atoms with E-state index in [-0.39, 0.29) is 0 Å². The highest BCUT2D eigenvalue weighted by Gasteiger charge is 2.27. The molecule has 0 spiro atoms. The van der Waals surface area contributed by atoms with Crippen LogP contribution in [0.3, 0.4) is 0 Å². The zero-order valence-corrected chi connectivity index (χ0v) is 17.1. The van der Waals surface area contributed by atoms with Gasteiger partial charge in [-0.25, -0.2) is 0 Å². The molecule has 4 heteroatoms. The van der Waals surface area contributed by atoms with Crippen LogP contribution in [-0.2, 0) is 0 Å². The van der Waals surface area contributed by atoms with Gasteiger partial charge < -0.3 is 19.9 Å². The average molecular weight is 378 g/mol. The molecule has 0 aromatic heterocycles. The van der Waals surface area contributed by atoms with E-state index < -0.39 is 0 Å². The van der Waals surface area contributed by atoms with Gasteiger partial charge in [0, 0.05) is 48.7 Å². The van der Waals surface area contributed by atoms with Gasteiger partial charge in [-0.15, -0.1) is 0 Å². The predicted octanol–water partition coefficient (Wildman–Crippen LogP) is 6.29. The Kier molecular flexibility index (Phi) is 4.58. The van der Waals surface area contributed by atoms with Crippen molar-refractivity contribution in [3.05, 3.63) is 36.4 Å². The van der Waals surface area contributed by atoms with Gasteiger partial charge in [0.15, 0.2) is 11.5 Å². The largest absolute Gasteiger partial charge is 0.453 e. The Hall–Kier alpha value is -2.36. The van der Waals surface area contributed by atoms with Crippen LogP contribution in [0.25, 0.3) is 0 Å². The minimum Gasteiger partial charge on any atom is -0.453 e. The predicted molar refractivity (Wildman–Crippen MR) is 118 cm³/mol. The van der Waals surface area contributed by atoms with Crippen molar-refractivity contribution < 1.29 is 4.74 Å². The Morgan fingerprint density at radius 3 is 1.79 bits per heavy atom. The van der Waals surface area contributed by atoms with E-state index in [1.54, 1.807) is 0 Å². The molecule has 2 aromatic carbocycles. The molecule has 2 fully saturated rings. The minimum atomic E-state index is 0.662. The summed E-state index contributed by atoms with van der Waals surface area (Å²) in [7, 11) is 0. The van der Waals surface area contributed by atoms with E-state index in [4.69, 9.17) is 4.74 Å². The van der Waals surface area contributed by atoms with E-state index in [0.29, 0.717) is 12.1 Å². The fourth-order valence-corrected chi connectivity index (χ4v) is 5.22. The molecule has 148 valence electrons. The van der Waals surface area contributed by atoms with Gasteiger partial charge in [0.05, 0.1) is 11.4 Å². The fourth-order valence-electron chi connectivity index (χ4n) is 5.22. The lowest BCUT2D eigenvalue weighted by Crippen LogP contribution is -2.28. The van der Waals surface area contributed by atoms with Crippen molar-refractivity contribution in [1.29, 1.82) is 0 Å². The third-order valence-corrected chi connectivity index (χ3v) is 6.78. The van der Waals surface area contributed by atoms with Crippen molar-refractivity contribution >= 4 is 22.7 Å². The summed E-state index contributed by atoms with van der Waals surface area (Å²) in [4.78, 5) is 5.09. The molecule has 0 radical (unpaired) electrons. The molecule has 1 N–H and O–H groups in total. The molecule has 4 nitrogen and oxygen atoms in total. The molecule has 5 rings (SSSR count). The molecule has 0 amide bonds. The Morgan fingerprint density at radius 1 is 0.821 bits per heavy atom. The standard InChI is InChI=1S/C24H31N3O/c1-3-17-7-5-13-26(17)19-9-11-21-23(15-19)28-24-16-20(10-12-22(24)25-21)27-14-6-8-18(27)4-2/h9-12,15-18,25H,3-8,13-14H2,1-2H3. The van der Waals surface area contributed by atoms with E-state index in [1.807, 2.05) is 0 Å². The topological polar surface area (TPSA) is 27.7 Å². The highest BCUT2D eigenvalue weighted by molar-refractivity contribution is 5.79. The normalized spacial score (nSPS) is 23.2. The summed E-state index contributed by atoms with van der Waals surface area (Å²) in [6.45, 7) is 6.88. The summed E-state index contributed by atoms with van der Waals surface area (Å²) in [6.07, 6.45) is 7.58. The lowest BCUT2D eigenvalue weighted by molar-refractivity contribution is 0.480. The first-order valence-electron chi connectivity index (χ1n) is 11.0. The molecule has 28 heavy (non-hydrogen) atoms. The first kappa shape index (κ1) is 17.7.